The first-order valence-corrected chi connectivity index (χ1v) is 37.3. The van der Waals surface area contributed by atoms with Crippen molar-refractivity contribution < 1.29 is 28.6 Å². The van der Waals surface area contributed by atoms with Crippen LogP contribution in [0.4, 0.5) is 0 Å². The Balaban J connectivity index is 4.19. The van der Waals surface area contributed by atoms with Gasteiger partial charge in [0.15, 0.2) is 6.10 Å². The Kier molecular flexibility index (Phi) is 69.5. The number of allylic oxidation sites excluding steroid dienone is 4. The van der Waals surface area contributed by atoms with Crippen LogP contribution in [-0.4, -0.2) is 37.2 Å². The number of carbonyl (C=O) groups is 3. The van der Waals surface area contributed by atoms with Gasteiger partial charge in [0.05, 0.1) is 0 Å². The molecule has 0 spiro atoms. The van der Waals surface area contributed by atoms with E-state index in [-0.39, 0.29) is 31.1 Å². The molecule has 0 heterocycles. The molecule has 0 N–H and O–H groups in total. The molecule has 0 aromatic heterocycles. The lowest BCUT2D eigenvalue weighted by molar-refractivity contribution is -0.167. The van der Waals surface area contributed by atoms with Gasteiger partial charge in [0.1, 0.15) is 13.2 Å². The number of esters is 3. The maximum Gasteiger partial charge on any atom is 0.306 e. The van der Waals surface area contributed by atoms with Crippen LogP contribution in [0.25, 0.3) is 0 Å². The zero-order valence-corrected chi connectivity index (χ0v) is 55.8. The average Bonchev–Trinajstić information content (AvgIpc) is 3.47. The minimum absolute atomic E-state index is 0.0654. The molecule has 0 radical (unpaired) electrons. The predicted molar refractivity (Wildman–Crippen MR) is 358 cm³/mol. The van der Waals surface area contributed by atoms with E-state index in [0.29, 0.717) is 19.3 Å². The van der Waals surface area contributed by atoms with E-state index in [2.05, 4.69) is 45.1 Å². The van der Waals surface area contributed by atoms with Gasteiger partial charge in [-0.1, -0.05) is 360 Å². The molecule has 1 unspecified atom stereocenters. The van der Waals surface area contributed by atoms with Crippen LogP contribution in [0.2, 0.25) is 0 Å². The third kappa shape index (κ3) is 68.7. The molecule has 0 rings (SSSR count). The van der Waals surface area contributed by atoms with Crippen molar-refractivity contribution >= 4 is 17.9 Å². The zero-order valence-electron chi connectivity index (χ0n) is 55.8. The van der Waals surface area contributed by atoms with Crippen molar-refractivity contribution in [3.8, 4) is 0 Å². The fourth-order valence-electron chi connectivity index (χ4n) is 11.6. The van der Waals surface area contributed by atoms with Gasteiger partial charge < -0.3 is 14.2 Å². The first kappa shape index (κ1) is 79.9. The number of hydrogen-bond acceptors (Lipinski definition) is 6. The molecule has 0 aliphatic carbocycles. The Morgan fingerprint density at radius 3 is 0.610 bits per heavy atom. The largest absolute Gasteiger partial charge is 0.462 e. The summed E-state index contributed by atoms with van der Waals surface area (Å²) in [5, 5.41) is 0. The minimum atomic E-state index is -0.770. The van der Waals surface area contributed by atoms with Gasteiger partial charge in [-0.3, -0.25) is 14.4 Å². The number of carbonyl (C=O) groups excluding carboxylic acids is 3. The van der Waals surface area contributed by atoms with Crippen LogP contribution in [0.15, 0.2) is 24.3 Å². The predicted octanol–water partition coefficient (Wildman–Crippen LogP) is 25.7. The van der Waals surface area contributed by atoms with Crippen LogP contribution in [0.5, 0.6) is 0 Å². The van der Waals surface area contributed by atoms with E-state index in [0.717, 1.165) is 57.8 Å². The summed E-state index contributed by atoms with van der Waals surface area (Å²) in [5.74, 6) is -0.832. The van der Waals surface area contributed by atoms with Gasteiger partial charge in [-0.2, -0.15) is 0 Å². The molecule has 1 atom stereocenters. The highest BCUT2D eigenvalue weighted by molar-refractivity contribution is 5.71. The Morgan fingerprint density at radius 2 is 0.402 bits per heavy atom. The Hall–Kier alpha value is -2.11. The Bertz CT molecular complexity index is 1320. The molecular weight excluding hydrogens is 1010 g/mol. The van der Waals surface area contributed by atoms with E-state index in [1.165, 1.54) is 327 Å². The maximum atomic E-state index is 13.0. The van der Waals surface area contributed by atoms with Gasteiger partial charge in [-0.05, 0) is 70.6 Å². The molecule has 484 valence electrons. The summed E-state index contributed by atoms with van der Waals surface area (Å²) < 4.78 is 17.0. The van der Waals surface area contributed by atoms with E-state index in [1.54, 1.807) is 0 Å². The van der Waals surface area contributed by atoms with E-state index >= 15 is 0 Å². The van der Waals surface area contributed by atoms with Crippen molar-refractivity contribution in [2.75, 3.05) is 13.2 Å². The summed E-state index contributed by atoms with van der Waals surface area (Å²) in [7, 11) is 0. The van der Waals surface area contributed by atoms with Gasteiger partial charge >= 0.3 is 17.9 Å². The molecule has 0 aliphatic heterocycles. The summed E-state index contributed by atoms with van der Waals surface area (Å²) >= 11 is 0. The fraction of sp³-hybridized carbons (Fsp3) is 0.908. The summed E-state index contributed by atoms with van der Waals surface area (Å²) in [6.07, 6.45) is 87.9. The normalized spacial score (nSPS) is 12.1. The van der Waals surface area contributed by atoms with Crippen LogP contribution < -0.4 is 0 Å². The van der Waals surface area contributed by atoms with Gasteiger partial charge in [0, 0.05) is 19.3 Å². The molecule has 6 heteroatoms. The molecule has 0 fully saturated rings. The quantitative estimate of drug-likeness (QED) is 0.0261. The van der Waals surface area contributed by atoms with Gasteiger partial charge in [-0.25, -0.2) is 0 Å². The highest BCUT2D eigenvalue weighted by atomic mass is 16.6. The van der Waals surface area contributed by atoms with Crippen molar-refractivity contribution in [3.63, 3.8) is 0 Å². The van der Waals surface area contributed by atoms with Gasteiger partial charge in [0.25, 0.3) is 0 Å². The van der Waals surface area contributed by atoms with Gasteiger partial charge in [-0.15, -0.1) is 0 Å². The molecule has 0 aliphatic rings. The highest BCUT2D eigenvalue weighted by Crippen LogP contribution is 2.19. The second-order valence-electron chi connectivity index (χ2n) is 25.6. The summed E-state index contributed by atoms with van der Waals surface area (Å²) in [4.78, 5) is 38.5. The molecular formula is C76H144O6. The lowest BCUT2D eigenvalue weighted by Crippen LogP contribution is -2.30. The summed E-state index contributed by atoms with van der Waals surface area (Å²) in [6, 6.07) is 0. The van der Waals surface area contributed by atoms with E-state index in [9.17, 15) is 14.4 Å². The first-order chi connectivity index (χ1) is 40.5. The van der Waals surface area contributed by atoms with Crippen LogP contribution in [-0.2, 0) is 28.6 Å². The second kappa shape index (κ2) is 71.4. The number of rotatable bonds is 70. The van der Waals surface area contributed by atoms with E-state index < -0.39 is 6.10 Å². The lowest BCUT2D eigenvalue weighted by Gasteiger charge is -2.18. The monoisotopic (exact) mass is 1150 g/mol. The lowest BCUT2D eigenvalue weighted by atomic mass is 10.0. The molecule has 6 nitrogen and oxygen atoms in total. The third-order valence-corrected chi connectivity index (χ3v) is 17.2. The van der Waals surface area contributed by atoms with Crippen molar-refractivity contribution in [1.29, 1.82) is 0 Å². The molecule has 82 heavy (non-hydrogen) atoms. The number of ether oxygens (including phenoxy) is 3. The van der Waals surface area contributed by atoms with Crippen LogP contribution >= 0.6 is 0 Å². The average molecular weight is 1150 g/mol. The highest BCUT2D eigenvalue weighted by Gasteiger charge is 2.20. The van der Waals surface area contributed by atoms with Crippen molar-refractivity contribution in [2.45, 2.75) is 431 Å². The van der Waals surface area contributed by atoms with Crippen LogP contribution in [0.1, 0.15) is 425 Å². The first-order valence-electron chi connectivity index (χ1n) is 37.3. The molecule has 0 saturated carbocycles. The Labute approximate surface area is 513 Å². The molecule has 0 aromatic carbocycles. The zero-order chi connectivity index (χ0) is 59.2. The summed E-state index contributed by atoms with van der Waals surface area (Å²) in [6.45, 7) is 6.73. The molecule has 0 amide bonds. The topological polar surface area (TPSA) is 78.9 Å². The number of hydrogen-bond donors (Lipinski definition) is 0. The second-order valence-corrected chi connectivity index (χ2v) is 25.6. The van der Waals surface area contributed by atoms with E-state index in [4.69, 9.17) is 14.2 Å². The van der Waals surface area contributed by atoms with E-state index in [1.807, 2.05) is 0 Å². The standard InChI is InChI=1S/C76H144O6/c1-4-7-10-13-16-19-22-25-28-30-32-34-35-36-37-38-39-40-41-43-44-46-48-51-54-57-60-63-66-69-75(78)81-72-73(71-80-74(77)68-65-62-59-56-53-50-27-24-21-18-15-12-9-6-3)82-76(79)70-67-64-61-58-55-52-49-47-45-42-33-31-29-26-23-20-17-14-11-8-5-2/h30-33,73H,4-29,34-72H2,1-3H3/b32-30-,33-31-. The maximum absolute atomic E-state index is 13.0. The molecule has 0 aromatic rings. The fourth-order valence-corrected chi connectivity index (χ4v) is 11.6. The van der Waals surface area contributed by atoms with Crippen LogP contribution in [0.3, 0.4) is 0 Å². The number of unbranched alkanes of at least 4 members (excludes halogenated alkanes) is 55. The SMILES string of the molecule is CCCCCCCCCC/C=C\CCCCCCCCCCCCCCCCCCCC(=O)OCC(COC(=O)CCCCCCCCCCCCCCCC)OC(=O)CCCCCCCCCCC/C=C\CCCCCCCCCC. The van der Waals surface area contributed by atoms with Crippen molar-refractivity contribution in [3.05, 3.63) is 24.3 Å². The smallest absolute Gasteiger partial charge is 0.306 e. The molecule has 0 saturated heterocycles. The van der Waals surface area contributed by atoms with Crippen LogP contribution in [0, 0.1) is 0 Å². The minimum Gasteiger partial charge on any atom is -0.462 e. The molecule has 0 bridgehead atoms. The van der Waals surface area contributed by atoms with Crippen molar-refractivity contribution in [1.82, 2.24) is 0 Å². The summed E-state index contributed by atoms with van der Waals surface area (Å²) in [5.41, 5.74) is 0. The van der Waals surface area contributed by atoms with Gasteiger partial charge in [0.2, 0.25) is 0 Å². The van der Waals surface area contributed by atoms with Crippen molar-refractivity contribution in [2.24, 2.45) is 0 Å². The Morgan fingerprint density at radius 1 is 0.232 bits per heavy atom. The third-order valence-electron chi connectivity index (χ3n) is 17.2.